The van der Waals surface area contributed by atoms with Crippen molar-refractivity contribution in [2.45, 2.75) is 19.4 Å². The van der Waals surface area contributed by atoms with Crippen LogP contribution in [0.4, 0.5) is 11.4 Å². The summed E-state index contributed by atoms with van der Waals surface area (Å²) in [5.41, 5.74) is 3.91. The number of cyclic esters (lactones) is 1. The van der Waals surface area contributed by atoms with Gasteiger partial charge in [-0.1, -0.05) is 30.3 Å². The van der Waals surface area contributed by atoms with Gasteiger partial charge >= 0.3 is 5.97 Å². The van der Waals surface area contributed by atoms with Gasteiger partial charge in [-0.25, -0.2) is 4.79 Å². The first kappa shape index (κ1) is 19.4. The van der Waals surface area contributed by atoms with Gasteiger partial charge in [0.25, 0.3) is 5.91 Å². The lowest BCUT2D eigenvalue weighted by atomic mass is 9.93. The van der Waals surface area contributed by atoms with E-state index in [-0.39, 0.29) is 23.9 Å². The van der Waals surface area contributed by atoms with E-state index in [4.69, 9.17) is 4.74 Å². The normalized spacial score (nSPS) is 15.0. The number of anilines is 2. The van der Waals surface area contributed by atoms with Crippen LogP contribution in [0, 0.1) is 0 Å². The molecule has 0 fully saturated rings. The van der Waals surface area contributed by atoms with Crippen molar-refractivity contribution in [1.82, 2.24) is 0 Å². The van der Waals surface area contributed by atoms with E-state index in [2.05, 4.69) is 10.6 Å². The smallest absolute Gasteiger partial charge is 0.339 e. The minimum absolute atomic E-state index is 0.159. The van der Waals surface area contributed by atoms with Gasteiger partial charge in [-0.3, -0.25) is 9.59 Å². The number of esters is 1. The van der Waals surface area contributed by atoms with Crippen molar-refractivity contribution in [2.24, 2.45) is 0 Å². The highest BCUT2D eigenvalue weighted by molar-refractivity contribution is 6.05. The van der Waals surface area contributed by atoms with Crippen molar-refractivity contribution in [2.75, 3.05) is 10.6 Å². The Hall–Kier alpha value is -3.93. The quantitative estimate of drug-likeness (QED) is 0.638. The summed E-state index contributed by atoms with van der Waals surface area (Å²) < 4.78 is 5.56. The second-order valence-electron chi connectivity index (χ2n) is 7.09. The standard InChI is InChI=1S/C24H20N2O4/c1-15(27)25-19-8-10-20(11-9-19)26-23(28)17-7-12-21-18(13-17)14-22(30-24(21)29)16-5-3-2-4-6-16/h2-13,22H,14H2,1H3,(H,25,27)(H,26,28)/t22-/m1/s1. The molecule has 1 aliphatic rings. The van der Waals surface area contributed by atoms with Gasteiger partial charge in [0.2, 0.25) is 5.91 Å². The van der Waals surface area contributed by atoms with Crippen LogP contribution in [0.15, 0.2) is 72.8 Å². The Morgan fingerprint density at radius 3 is 2.23 bits per heavy atom. The SMILES string of the molecule is CC(=O)Nc1ccc(NC(=O)c2ccc3c(c2)C[C@H](c2ccccc2)OC3=O)cc1. The van der Waals surface area contributed by atoms with E-state index < -0.39 is 0 Å². The highest BCUT2D eigenvalue weighted by Gasteiger charge is 2.28. The zero-order chi connectivity index (χ0) is 21.1. The van der Waals surface area contributed by atoms with Crippen molar-refractivity contribution < 1.29 is 19.1 Å². The highest BCUT2D eigenvalue weighted by Crippen LogP contribution is 2.31. The lowest BCUT2D eigenvalue weighted by molar-refractivity contribution is -0.114. The molecule has 6 nitrogen and oxygen atoms in total. The molecule has 3 aromatic carbocycles. The molecule has 3 aromatic rings. The maximum absolute atomic E-state index is 12.7. The van der Waals surface area contributed by atoms with E-state index in [1.165, 1.54) is 6.92 Å². The van der Waals surface area contributed by atoms with E-state index >= 15 is 0 Å². The summed E-state index contributed by atoms with van der Waals surface area (Å²) in [6, 6.07) is 21.4. The highest BCUT2D eigenvalue weighted by atomic mass is 16.5. The van der Waals surface area contributed by atoms with Gasteiger partial charge in [-0.05, 0) is 53.6 Å². The van der Waals surface area contributed by atoms with Crippen LogP contribution in [-0.4, -0.2) is 17.8 Å². The maximum atomic E-state index is 12.7. The number of benzene rings is 3. The van der Waals surface area contributed by atoms with E-state index in [1.807, 2.05) is 30.3 Å². The molecule has 2 amide bonds. The fraction of sp³-hybridized carbons (Fsp3) is 0.125. The molecular weight excluding hydrogens is 380 g/mol. The summed E-state index contributed by atoms with van der Waals surface area (Å²) in [4.78, 5) is 36.2. The summed E-state index contributed by atoms with van der Waals surface area (Å²) in [6.45, 7) is 1.43. The Labute approximate surface area is 173 Å². The molecule has 6 heteroatoms. The third kappa shape index (κ3) is 4.22. The molecule has 0 unspecified atom stereocenters. The van der Waals surface area contributed by atoms with Crippen LogP contribution in [0.2, 0.25) is 0 Å². The average Bonchev–Trinajstić information content (AvgIpc) is 2.75. The van der Waals surface area contributed by atoms with Crippen molar-refractivity contribution in [3.8, 4) is 0 Å². The van der Waals surface area contributed by atoms with Gasteiger partial charge in [-0.2, -0.15) is 0 Å². The van der Waals surface area contributed by atoms with Crippen molar-refractivity contribution in [3.05, 3.63) is 95.1 Å². The number of hydrogen-bond donors (Lipinski definition) is 2. The molecule has 0 saturated heterocycles. The van der Waals surface area contributed by atoms with Gasteiger partial charge in [-0.15, -0.1) is 0 Å². The number of carbonyl (C=O) groups excluding carboxylic acids is 3. The summed E-state index contributed by atoms with van der Waals surface area (Å²) in [5.74, 6) is -0.820. The van der Waals surface area contributed by atoms with Crippen LogP contribution in [0.25, 0.3) is 0 Å². The lowest BCUT2D eigenvalue weighted by Crippen LogP contribution is -2.23. The molecule has 0 saturated carbocycles. The average molecular weight is 400 g/mol. The number of fused-ring (bicyclic) bond motifs is 1. The number of carbonyl (C=O) groups is 3. The number of nitrogens with one attached hydrogen (secondary N) is 2. The fourth-order valence-electron chi connectivity index (χ4n) is 3.43. The lowest BCUT2D eigenvalue weighted by Gasteiger charge is -2.25. The van der Waals surface area contributed by atoms with Gasteiger partial charge < -0.3 is 15.4 Å². The predicted octanol–water partition coefficient (Wildman–Crippen LogP) is 4.35. The maximum Gasteiger partial charge on any atom is 0.339 e. The predicted molar refractivity (Wildman–Crippen MR) is 113 cm³/mol. The first-order valence-electron chi connectivity index (χ1n) is 9.57. The molecule has 1 aliphatic heterocycles. The van der Waals surface area contributed by atoms with Crippen LogP contribution in [0.3, 0.4) is 0 Å². The first-order valence-corrected chi connectivity index (χ1v) is 9.57. The van der Waals surface area contributed by atoms with Gasteiger partial charge in [0, 0.05) is 30.3 Å². The Kier molecular flexibility index (Phi) is 5.30. The third-order valence-corrected chi connectivity index (χ3v) is 4.88. The number of rotatable bonds is 4. The zero-order valence-electron chi connectivity index (χ0n) is 16.3. The Morgan fingerprint density at radius 1 is 0.900 bits per heavy atom. The molecule has 0 radical (unpaired) electrons. The minimum Gasteiger partial charge on any atom is -0.454 e. The van der Waals surface area contributed by atoms with Crippen LogP contribution >= 0.6 is 0 Å². The molecule has 0 bridgehead atoms. The van der Waals surface area contributed by atoms with Gasteiger partial charge in [0.15, 0.2) is 0 Å². The number of hydrogen-bond acceptors (Lipinski definition) is 4. The summed E-state index contributed by atoms with van der Waals surface area (Å²) >= 11 is 0. The van der Waals surface area contributed by atoms with E-state index in [0.717, 1.165) is 11.1 Å². The Morgan fingerprint density at radius 2 is 1.57 bits per heavy atom. The van der Waals surface area contributed by atoms with Crippen molar-refractivity contribution >= 4 is 29.2 Å². The van der Waals surface area contributed by atoms with Crippen LogP contribution in [-0.2, 0) is 16.0 Å². The van der Waals surface area contributed by atoms with Gasteiger partial charge in [0.1, 0.15) is 6.10 Å². The molecule has 30 heavy (non-hydrogen) atoms. The fourth-order valence-corrected chi connectivity index (χ4v) is 3.43. The minimum atomic E-state index is -0.384. The second-order valence-corrected chi connectivity index (χ2v) is 7.09. The van der Waals surface area contributed by atoms with Crippen LogP contribution in [0.1, 0.15) is 44.9 Å². The Bertz CT molecular complexity index is 1110. The second kappa shape index (κ2) is 8.21. The molecule has 0 spiro atoms. The topological polar surface area (TPSA) is 84.5 Å². The molecule has 0 aromatic heterocycles. The molecule has 2 N–H and O–H groups in total. The summed E-state index contributed by atoms with van der Waals surface area (Å²) in [5, 5.41) is 5.51. The molecule has 1 heterocycles. The molecule has 150 valence electrons. The Balaban J connectivity index is 1.51. The number of ether oxygens (including phenoxy) is 1. The largest absolute Gasteiger partial charge is 0.454 e. The molecular formula is C24H20N2O4. The van der Waals surface area contributed by atoms with Crippen LogP contribution in [0.5, 0.6) is 0 Å². The van der Waals surface area contributed by atoms with Crippen molar-refractivity contribution in [1.29, 1.82) is 0 Å². The molecule has 4 rings (SSSR count). The van der Waals surface area contributed by atoms with Gasteiger partial charge in [0.05, 0.1) is 5.56 Å². The first-order chi connectivity index (χ1) is 14.5. The van der Waals surface area contributed by atoms with E-state index in [1.54, 1.807) is 42.5 Å². The summed E-state index contributed by atoms with van der Waals surface area (Å²) in [7, 11) is 0. The van der Waals surface area contributed by atoms with Crippen LogP contribution < -0.4 is 10.6 Å². The molecule has 1 atom stereocenters. The van der Waals surface area contributed by atoms with E-state index in [9.17, 15) is 14.4 Å². The van der Waals surface area contributed by atoms with Crippen molar-refractivity contribution in [3.63, 3.8) is 0 Å². The molecule has 0 aliphatic carbocycles. The number of amides is 2. The zero-order valence-corrected chi connectivity index (χ0v) is 16.3. The van der Waals surface area contributed by atoms with E-state index in [0.29, 0.717) is 28.9 Å². The summed E-state index contributed by atoms with van der Waals surface area (Å²) in [6.07, 6.45) is 0.142. The third-order valence-electron chi connectivity index (χ3n) is 4.88. The monoisotopic (exact) mass is 400 g/mol.